The van der Waals surface area contributed by atoms with E-state index in [1.165, 1.54) is 12.1 Å². The predicted molar refractivity (Wildman–Crippen MR) is 67.2 cm³/mol. The number of nitrogens with two attached hydrogens (primary N) is 1. The number of hydrogen-bond donors (Lipinski definition) is 1. The first-order chi connectivity index (χ1) is 8.65. The molecule has 2 N–H and O–H groups in total. The molecule has 0 amide bonds. The third kappa shape index (κ3) is 2.26. The highest BCUT2D eigenvalue weighted by Gasteiger charge is 2.27. The maximum Gasteiger partial charge on any atom is 0.292 e. The molecule has 1 fully saturated rings. The second-order valence-corrected chi connectivity index (χ2v) is 4.41. The van der Waals surface area contributed by atoms with Gasteiger partial charge in [0.1, 0.15) is 5.69 Å². The quantitative estimate of drug-likeness (QED) is 0.639. The number of hydrogen-bond acceptors (Lipinski definition) is 5. The Hall–Kier alpha value is -2.13. The summed E-state index contributed by atoms with van der Waals surface area (Å²) < 4.78 is 0. The molecule has 0 bridgehead atoms. The minimum Gasteiger partial charge on any atom is -0.366 e. The Morgan fingerprint density at radius 1 is 1.61 bits per heavy atom. The molecule has 1 aromatic carbocycles. The molecule has 18 heavy (non-hydrogen) atoms. The highest BCUT2D eigenvalue weighted by Crippen LogP contribution is 2.32. The van der Waals surface area contributed by atoms with Gasteiger partial charge >= 0.3 is 0 Å². The Morgan fingerprint density at radius 3 is 2.94 bits per heavy atom. The SMILES string of the molecule is N#Cc1ccc([N+](=O)[O-])c(N2CCC(CN)C2)c1. The van der Waals surface area contributed by atoms with Gasteiger partial charge in [-0.2, -0.15) is 5.26 Å². The van der Waals surface area contributed by atoms with E-state index in [2.05, 4.69) is 0 Å². The van der Waals surface area contributed by atoms with Gasteiger partial charge in [-0.15, -0.1) is 0 Å². The van der Waals surface area contributed by atoms with E-state index in [0.717, 1.165) is 13.0 Å². The fraction of sp³-hybridized carbons (Fsp3) is 0.417. The van der Waals surface area contributed by atoms with Crippen LogP contribution in [0.5, 0.6) is 0 Å². The zero-order valence-electron chi connectivity index (χ0n) is 9.87. The first-order valence-electron chi connectivity index (χ1n) is 5.79. The summed E-state index contributed by atoms with van der Waals surface area (Å²) in [4.78, 5) is 12.5. The van der Waals surface area contributed by atoms with Crippen molar-refractivity contribution in [2.45, 2.75) is 6.42 Å². The van der Waals surface area contributed by atoms with E-state index in [1.54, 1.807) is 6.07 Å². The van der Waals surface area contributed by atoms with Gasteiger partial charge in [-0.3, -0.25) is 10.1 Å². The molecule has 1 heterocycles. The zero-order valence-corrected chi connectivity index (χ0v) is 9.87. The van der Waals surface area contributed by atoms with Crippen LogP contribution < -0.4 is 10.6 Å². The molecule has 0 aliphatic carbocycles. The third-order valence-corrected chi connectivity index (χ3v) is 3.26. The van der Waals surface area contributed by atoms with Crippen molar-refractivity contribution in [3.8, 4) is 6.07 Å². The number of nitrogens with zero attached hydrogens (tertiary/aromatic N) is 3. The lowest BCUT2D eigenvalue weighted by Crippen LogP contribution is -2.23. The van der Waals surface area contributed by atoms with Crippen LogP contribution in [0.2, 0.25) is 0 Å². The normalized spacial score (nSPS) is 18.7. The minimum atomic E-state index is -0.410. The number of nitriles is 1. The van der Waals surface area contributed by atoms with Crippen molar-refractivity contribution in [3.05, 3.63) is 33.9 Å². The summed E-state index contributed by atoms with van der Waals surface area (Å²) in [5.41, 5.74) is 6.62. The summed E-state index contributed by atoms with van der Waals surface area (Å²) in [5.74, 6) is 0.371. The van der Waals surface area contributed by atoms with Gasteiger partial charge in [-0.05, 0) is 31.0 Å². The van der Waals surface area contributed by atoms with E-state index in [0.29, 0.717) is 30.3 Å². The van der Waals surface area contributed by atoms with E-state index in [-0.39, 0.29) is 5.69 Å². The highest BCUT2D eigenvalue weighted by molar-refractivity contribution is 5.66. The van der Waals surface area contributed by atoms with Gasteiger partial charge in [-0.25, -0.2) is 0 Å². The Labute approximate surface area is 105 Å². The molecule has 1 atom stereocenters. The molecular weight excluding hydrogens is 232 g/mol. The average molecular weight is 246 g/mol. The van der Waals surface area contributed by atoms with E-state index < -0.39 is 4.92 Å². The van der Waals surface area contributed by atoms with E-state index in [1.807, 2.05) is 11.0 Å². The fourth-order valence-electron chi connectivity index (χ4n) is 2.24. The number of anilines is 1. The molecule has 2 rings (SSSR count). The monoisotopic (exact) mass is 246 g/mol. The van der Waals surface area contributed by atoms with E-state index in [9.17, 15) is 10.1 Å². The zero-order chi connectivity index (χ0) is 13.1. The first kappa shape index (κ1) is 12.3. The van der Waals surface area contributed by atoms with Crippen LogP contribution in [-0.2, 0) is 0 Å². The summed E-state index contributed by atoms with van der Waals surface area (Å²) in [6, 6.07) is 6.45. The number of nitro benzene ring substituents is 1. The molecule has 6 nitrogen and oxygen atoms in total. The lowest BCUT2D eigenvalue weighted by molar-refractivity contribution is -0.384. The number of nitro groups is 1. The minimum absolute atomic E-state index is 0.0478. The average Bonchev–Trinajstić information content (AvgIpc) is 2.86. The van der Waals surface area contributed by atoms with Gasteiger partial charge in [0.15, 0.2) is 0 Å². The second-order valence-electron chi connectivity index (χ2n) is 4.41. The van der Waals surface area contributed by atoms with Crippen molar-refractivity contribution in [1.82, 2.24) is 0 Å². The topological polar surface area (TPSA) is 96.2 Å². The Bertz CT molecular complexity index is 509. The van der Waals surface area contributed by atoms with Gasteiger partial charge in [-0.1, -0.05) is 0 Å². The Kier molecular flexibility index (Phi) is 3.44. The van der Waals surface area contributed by atoms with Crippen LogP contribution in [0.1, 0.15) is 12.0 Å². The molecule has 0 saturated carbocycles. The third-order valence-electron chi connectivity index (χ3n) is 3.26. The Balaban J connectivity index is 2.36. The maximum absolute atomic E-state index is 11.0. The Morgan fingerprint density at radius 2 is 2.39 bits per heavy atom. The smallest absolute Gasteiger partial charge is 0.292 e. The standard InChI is InChI=1S/C12H14N4O2/c13-6-9-1-2-11(16(17)18)12(5-9)15-4-3-10(7-14)8-15/h1-2,5,10H,3-4,7-8,14H2. The molecule has 1 aliphatic heterocycles. The van der Waals surface area contributed by atoms with Gasteiger partial charge in [0.05, 0.1) is 16.6 Å². The second kappa shape index (κ2) is 5.02. The van der Waals surface area contributed by atoms with Crippen LogP contribution in [0, 0.1) is 27.4 Å². The summed E-state index contributed by atoms with van der Waals surface area (Å²) >= 11 is 0. The molecule has 1 aromatic rings. The number of rotatable bonds is 3. The fourth-order valence-corrected chi connectivity index (χ4v) is 2.24. The molecule has 1 aliphatic rings. The predicted octanol–water partition coefficient (Wildman–Crippen LogP) is 1.25. The van der Waals surface area contributed by atoms with E-state index in [4.69, 9.17) is 11.0 Å². The van der Waals surface area contributed by atoms with Crippen LogP contribution in [0.25, 0.3) is 0 Å². The summed E-state index contributed by atoms with van der Waals surface area (Å²) in [6.07, 6.45) is 0.935. The van der Waals surface area contributed by atoms with Gasteiger partial charge in [0.25, 0.3) is 5.69 Å². The largest absolute Gasteiger partial charge is 0.366 e. The lowest BCUT2D eigenvalue weighted by atomic mass is 10.1. The molecule has 0 aromatic heterocycles. The van der Waals surface area contributed by atoms with Crippen molar-refractivity contribution in [3.63, 3.8) is 0 Å². The van der Waals surface area contributed by atoms with Crippen molar-refractivity contribution in [1.29, 1.82) is 5.26 Å². The molecule has 1 unspecified atom stereocenters. The lowest BCUT2D eigenvalue weighted by Gasteiger charge is -2.18. The summed E-state index contributed by atoms with van der Waals surface area (Å²) in [6.45, 7) is 2.05. The van der Waals surface area contributed by atoms with Crippen molar-refractivity contribution in [2.24, 2.45) is 11.7 Å². The molecule has 0 radical (unpaired) electrons. The summed E-state index contributed by atoms with van der Waals surface area (Å²) in [7, 11) is 0. The molecule has 6 heteroatoms. The molecule has 0 spiro atoms. The van der Waals surface area contributed by atoms with Crippen LogP contribution in [0.15, 0.2) is 18.2 Å². The number of benzene rings is 1. The van der Waals surface area contributed by atoms with Crippen LogP contribution >= 0.6 is 0 Å². The van der Waals surface area contributed by atoms with Crippen LogP contribution in [-0.4, -0.2) is 24.6 Å². The molecular formula is C12H14N4O2. The summed E-state index contributed by atoms with van der Waals surface area (Å²) in [5, 5.41) is 19.9. The van der Waals surface area contributed by atoms with Crippen molar-refractivity contribution >= 4 is 11.4 Å². The van der Waals surface area contributed by atoms with Crippen LogP contribution in [0.4, 0.5) is 11.4 Å². The van der Waals surface area contributed by atoms with Crippen LogP contribution in [0.3, 0.4) is 0 Å². The van der Waals surface area contributed by atoms with Crippen molar-refractivity contribution < 1.29 is 4.92 Å². The van der Waals surface area contributed by atoms with Gasteiger partial charge in [0, 0.05) is 19.2 Å². The molecule has 1 saturated heterocycles. The van der Waals surface area contributed by atoms with E-state index >= 15 is 0 Å². The van der Waals surface area contributed by atoms with Gasteiger partial charge < -0.3 is 10.6 Å². The molecule has 94 valence electrons. The first-order valence-corrected chi connectivity index (χ1v) is 5.79. The van der Waals surface area contributed by atoms with Gasteiger partial charge in [0.2, 0.25) is 0 Å². The van der Waals surface area contributed by atoms with Crippen molar-refractivity contribution in [2.75, 3.05) is 24.5 Å². The maximum atomic E-state index is 11.0. The highest BCUT2D eigenvalue weighted by atomic mass is 16.6.